The molecule has 7 unspecified atom stereocenters. The maximum atomic E-state index is 15.3. The topological polar surface area (TPSA) is 184 Å². The molecule has 3 saturated carbocycles. The monoisotopic (exact) mass is 839 g/mol. The quantitative estimate of drug-likeness (QED) is 0.0983. The Labute approximate surface area is 357 Å². The van der Waals surface area contributed by atoms with Crippen LogP contribution >= 0.6 is 0 Å². The lowest BCUT2D eigenvalue weighted by molar-refractivity contribution is -0.182. The molecule has 3 heterocycles. The van der Waals surface area contributed by atoms with Crippen LogP contribution in [0.1, 0.15) is 153 Å². The van der Waals surface area contributed by atoms with Crippen LogP contribution in [0.3, 0.4) is 0 Å². The molecule has 0 radical (unpaired) electrons. The average Bonchev–Trinajstić information content (AvgIpc) is 3.93. The Kier molecular flexibility index (Phi) is 14.4. The molecule has 7 rings (SSSR count). The van der Waals surface area contributed by atoms with Crippen molar-refractivity contribution in [2.24, 2.45) is 34.0 Å². The fourth-order valence-electron chi connectivity index (χ4n) is 12.9. The summed E-state index contributed by atoms with van der Waals surface area (Å²) in [6.07, 6.45) is 14.6. The van der Waals surface area contributed by atoms with Gasteiger partial charge >= 0.3 is 11.9 Å². The van der Waals surface area contributed by atoms with E-state index in [9.17, 15) is 30.0 Å². The number of nitrogens with one attached hydrogen (secondary N) is 2. The Bertz CT molecular complexity index is 1650. The third-order valence-corrected chi connectivity index (χ3v) is 16.5. The Morgan fingerprint density at radius 2 is 1.63 bits per heavy atom. The van der Waals surface area contributed by atoms with Crippen LogP contribution in [0.15, 0.2) is 12.1 Å². The first-order valence-electron chi connectivity index (χ1n) is 23.7. The van der Waals surface area contributed by atoms with E-state index in [1.54, 1.807) is 13.0 Å². The first kappa shape index (κ1) is 45.1. The summed E-state index contributed by atoms with van der Waals surface area (Å²) in [6.45, 7) is 5.02. The van der Waals surface area contributed by atoms with Crippen molar-refractivity contribution in [1.82, 2.24) is 10.6 Å². The minimum absolute atomic E-state index is 0.0172. The lowest BCUT2D eigenvalue weighted by Gasteiger charge is -2.52. The van der Waals surface area contributed by atoms with E-state index in [0.717, 1.165) is 81.8 Å². The molecule has 1 spiro atoms. The van der Waals surface area contributed by atoms with Crippen molar-refractivity contribution in [1.29, 1.82) is 0 Å². The third-order valence-electron chi connectivity index (χ3n) is 16.5. The number of piperidine rings is 2. The normalized spacial score (nSPS) is 28.6. The van der Waals surface area contributed by atoms with Crippen LogP contribution in [-0.2, 0) is 36.7 Å². The van der Waals surface area contributed by atoms with E-state index in [-0.39, 0.29) is 54.5 Å². The number of ether oxygens (including phenoxy) is 3. The second kappa shape index (κ2) is 19.2. The summed E-state index contributed by atoms with van der Waals surface area (Å²) in [4.78, 5) is 42.4. The number of amides is 1. The van der Waals surface area contributed by atoms with Gasteiger partial charge in [-0.3, -0.25) is 9.59 Å². The van der Waals surface area contributed by atoms with E-state index in [4.69, 9.17) is 14.2 Å². The highest BCUT2D eigenvalue weighted by Gasteiger charge is 2.60. The van der Waals surface area contributed by atoms with E-state index in [1.807, 2.05) is 6.07 Å². The van der Waals surface area contributed by atoms with Crippen molar-refractivity contribution >= 4 is 17.8 Å². The number of hydrogen-bond donors (Lipinski definition) is 6. The molecule has 0 bridgehead atoms. The van der Waals surface area contributed by atoms with Crippen LogP contribution < -0.4 is 15.4 Å². The highest BCUT2D eigenvalue weighted by Crippen LogP contribution is 2.54. The fourth-order valence-corrected chi connectivity index (χ4v) is 12.9. The highest BCUT2D eigenvalue weighted by molar-refractivity contribution is 5.93. The van der Waals surface area contributed by atoms with Crippen molar-refractivity contribution in [3.05, 3.63) is 23.3 Å². The summed E-state index contributed by atoms with van der Waals surface area (Å²) in [7, 11) is 0. The van der Waals surface area contributed by atoms with E-state index in [1.165, 1.54) is 6.92 Å². The van der Waals surface area contributed by atoms with Crippen molar-refractivity contribution in [3.8, 4) is 11.5 Å². The summed E-state index contributed by atoms with van der Waals surface area (Å²) in [5, 5.41) is 49.1. The van der Waals surface area contributed by atoms with Crippen LogP contribution in [0, 0.1) is 34.0 Å². The van der Waals surface area contributed by atoms with Crippen molar-refractivity contribution < 1.29 is 49.0 Å². The molecule has 0 aromatic heterocycles. The first-order chi connectivity index (χ1) is 28.9. The third kappa shape index (κ3) is 9.23. The molecular formula is C48H74N2O10. The van der Waals surface area contributed by atoms with Gasteiger partial charge in [0.15, 0.2) is 11.5 Å². The number of carbonyl (C=O) groups is 3. The number of rotatable bonds is 17. The standard InChI is InChI=1S/C48H74N2O10/c1-32(53)12-13-34(10-9-25-51)40(59-33(2)54)27-41(60-44(57)48-20-4-3-11-36(48)29-46(43(56)50-48)16-5-6-17-46)45(21-23-49-24-22-45)28-35-14-15-39(55)42-38(35)26-37(30-58-42)47(31-52)18-7-8-19-47/h14-15,32,34,36-37,40-41,49,51-53,55H,3-13,16-31H2,1-2H3,(H,50,56). The number of benzene rings is 1. The van der Waals surface area contributed by atoms with Crippen molar-refractivity contribution in [3.63, 3.8) is 0 Å². The second-order valence-electron chi connectivity index (χ2n) is 20.2. The lowest BCUT2D eigenvalue weighted by Crippen LogP contribution is -2.68. The molecule has 60 heavy (non-hydrogen) atoms. The maximum absolute atomic E-state index is 15.3. The Hall–Kier alpha value is -2.93. The van der Waals surface area contributed by atoms with E-state index >= 15 is 4.79 Å². The number of aliphatic hydroxyl groups is 3. The van der Waals surface area contributed by atoms with Crippen LogP contribution in [-0.4, -0.2) is 95.0 Å². The Morgan fingerprint density at radius 1 is 0.917 bits per heavy atom. The van der Waals surface area contributed by atoms with Crippen LogP contribution in [0.5, 0.6) is 11.5 Å². The number of phenolic OH excluding ortho intramolecular Hbond substituents is 1. The smallest absolute Gasteiger partial charge is 0.332 e. The summed E-state index contributed by atoms with van der Waals surface area (Å²) in [5.41, 5.74) is -0.453. The number of phenols is 1. The zero-order valence-corrected chi connectivity index (χ0v) is 36.4. The zero-order chi connectivity index (χ0) is 42.5. The van der Waals surface area contributed by atoms with E-state index in [0.29, 0.717) is 89.7 Å². The predicted octanol–water partition coefficient (Wildman–Crippen LogP) is 6.20. The molecule has 12 heteroatoms. The van der Waals surface area contributed by atoms with Crippen LogP contribution in [0.4, 0.5) is 0 Å². The molecule has 3 aliphatic heterocycles. The molecule has 1 amide bonds. The van der Waals surface area contributed by atoms with Gasteiger partial charge in [-0.1, -0.05) is 44.6 Å². The fraction of sp³-hybridized carbons (Fsp3) is 0.812. The largest absolute Gasteiger partial charge is 0.504 e. The van der Waals surface area contributed by atoms with Gasteiger partial charge in [-0.15, -0.1) is 0 Å². The molecule has 3 aliphatic carbocycles. The second-order valence-corrected chi connectivity index (χ2v) is 20.2. The van der Waals surface area contributed by atoms with Crippen molar-refractivity contribution in [2.75, 3.05) is 32.9 Å². The zero-order valence-electron chi connectivity index (χ0n) is 36.4. The van der Waals surface area contributed by atoms with Gasteiger partial charge in [-0.2, -0.15) is 0 Å². The molecular weight excluding hydrogens is 765 g/mol. The number of esters is 2. The van der Waals surface area contributed by atoms with Gasteiger partial charge in [-0.25, -0.2) is 4.79 Å². The number of aromatic hydroxyl groups is 1. The first-order valence-corrected chi connectivity index (χ1v) is 23.7. The summed E-state index contributed by atoms with van der Waals surface area (Å²) < 4.78 is 19.7. The number of fused-ring (bicyclic) bond motifs is 2. The van der Waals surface area contributed by atoms with E-state index in [2.05, 4.69) is 10.6 Å². The summed E-state index contributed by atoms with van der Waals surface area (Å²) in [6, 6.07) is 3.68. The molecule has 2 saturated heterocycles. The van der Waals surface area contributed by atoms with Gasteiger partial charge in [0.1, 0.15) is 17.7 Å². The average molecular weight is 839 g/mol. The van der Waals surface area contributed by atoms with Gasteiger partial charge < -0.3 is 45.3 Å². The molecule has 6 aliphatic rings. The molecule has 7 atom stereocenters. The maximum Gasteiger partial charge on any atom is 0.332 e. The number of aliphatic hydroxyl groups excluding tert-OH is 3. The van der Waals surface area contributed by atoms with Crippen LogP contribution in [0.25, 0.3) is 0 Å². The molecule has 1 aromatic carbocycles. The van der Waals surface area contributed by atoms with Gasteiger partial charge in [0, 0.05) is 48.9 Å². The lowest BCUT2D eigenvalue weighted by atomic mass is 9.61. The van der Waals surface area contributed by atoms with Gasteiger partial charge in [0.25, 0.3) is 0 Å². The van der Waals surface area contributed by atoms with E-state index < -0.39 is 46.6 Å². The highest BCUT2D eigenvalue weighted by atomic mass is 16.6. The van der Waals surface area contributed by atoms with Gasteiger partial charge in [0.05, 0.1) is 12.7 Å². The number of hydrogen-bond acceptors (Lipinski definition) is 11. The summed E-state index contributed by atoms with van der Waals surface area (Å²) in [5.74, 6) is -0.415. The van der Waals surface area contributed by atoms with Crippen molar-refractivity contribution in [2.45, 2.75) is 179 Å². The molecule has 1 aromatic rings. The predicted molar refractivity (Wildman–Crippen MR) is 226 cm³/mol. The molecule has 336 valence electrons. The van der Waals surface area contributed by atoms with Gasteiger partial charge in [0.2, 0.25) is 5.91 Å². The molecule has 5 fully saturated rings. The molecule has 12 nitrogen and oxygen atoms in total. The molecule has 6 N–H and O–H groups in total. The minimum Gasteiger partial charge on any atom is -0.504 e. The number of carbonyl (C=O) groups excluding carboxylic acids is 3. The van der Waals surface area contributed by atoms with Gasteiger partial charge in [-0.05, 0) is 145 Å². The summed E-state index contributed by atoms with van der Waals surface area (Å²) >= 11 is 0. The Balaban J connectivity index is 1.28. The SMILES string of the molecule is CC(=O)OC(CC(OC(=O)C12CCCCC1CC1(CCCC1)C(=O)N2)C1(Cc2ccc(O)c3c2CC(C2(CO)CCCC2)CO3)CCNCC1)C(CCCO)CCC(C)O. The Morgan fingerprint density at radius 3 is 2.32 bits per heavy atom. The van der Waals surface area contributed by atoms with Crippen LogP contribution in [0.2, 0.25) is 0 Å². The minimum atomic E-state index is -1.13.